The Bertz CT molecular complexity index is 1000. The minimum atomic E-state index is -3.56. The van der Waals surface area contributed by atoms with E-state index in [1.54, 1.807) is 16.6 Å². The summed E-state index contributed by atoms with van der Waals surface area (Å²) in [5, 5.41) is 13.4. The molecule has 2 aromatic heterocycles. The first kappa shape index (κ1) is 16.6. The zero-order valence-electron chi connectivity index (χ0n) is 14.0. The third-order valence-corrected chi connectivity index (χ3v) is 6.59. The number of nitrogens with zero attached hydrogens (tertiary/aromatic N) is 4. The van der Waals surface area contributed by atoms with Crippen molar-refractivity contribution in [1.82, 2.24) is 24.5 Å². The van der Waals surface area contributed by atoms with Gasteiger partial charge in [0.1, 0.15) is 5.01 Å². The van der Waals surface area contributed by atoms with E-state index in [-0.39, 0.29) is 11.4 Å². The predicted octanol–water partition coefficient (Wildman–Crippen LogP) is 2.67. The van der Waals surface area contributed by atoms with Crippen LogP contribution in [0.3, 0.4) is 0 Å². The van der Waals surface area contributed by atoms with Crippen molar-refractivity contribution in [3.8, 4) is 0 Å². The normalized spacial score (nSPS) is 15.3. The van der Waals surface area contributed by atoms with Gasteiger partial charge in [0, 0.05) is 5.92 Å². The van der Waals surface area contributed by atoms with Crippen molar-refractivity contribution in [3.63, 3.8) is 0 Å². The van der Waals surface area contributed by atoms with Gasteiger partial charge >= 0.3 is 0 Å². The summed E-state index contributed by atoms with van der Waals surface area (Å²) in [6, 6.07) is 6.98. The molecule has 1 aliphatic rings. The van der Waals surface area contributed by atoms with Crippen molar-refractivity contribution >= 4 is 26.3 Å². The van der Waals surface area contributed by atoms with Crippen LogP contribution in [0.25, 0.3) is 4.96 Å². The third-order valence-electron chi connectivity index (χ3n) is 4.27. The number of fused-ring (bicyclic) bond motifs is 1. The minimum Gasteiger partial charge on any atom is -0.207 e. The summed E-state index contributed by atoms with van der Waals surface area (Å²) in [6.07, 6.45) is 2.24. The van der Waals surface area contributed by atoms with Gasteiger partial charge in [0.2, 0.25) is 15.0 Å². The molecule has 1 saturated carbocycles. The van der Waals surface area contributed by atoms with Crippen molar-refractivity contribution in [2.24, 2.45) is 0 Å². The van der Waals surface area contributed by atoms with E-state index in [0.29, 0.717) is 21.8 Å². The molecule has 1 aromatic carbocycles. The number of sulfonamides is 1. The van der Waals surface area contributed by atoms with Gasteiger partial charge in [-0.25, -0.2) is 13.1 Å². The van der Waals surface area contributed by atoms with Crippen molar-refractivity contribution < 1.29 is 8.42 Å². The first-order chi connectivity index (χ1) is 11.9. The second-order valence-corrected chi connectivity index (χ2v) is 9.38. The van der Waals surface area contributed by atoms with E-state index in [2.05, 4.69) is 33.9 Å². The Kier molecular flexibility index (Phi) is 4.09. The maximum atomic E-state index is 12.5. The Morgan fingerprint density at radius 1 is 1.24 bits per heavy atom. The van der Waals surface area contributed by atoms with E-state index >= 15 is 0 Å². The van der Waals surface area contributed by atoms with Gasteiger partial charge in [-0.3, -0.25) is 0 Å². The molecule has 0 spiro atoms. The lowest BCUT2D eigenvalue weighted by Crippen LogP contribution is -2.23. The Hall–Kier alpha value is -1.84. The average molecular weight is 377 g/mol. The molecule has 7 nitrogen and oxygen atoms in total. The molecule has 0 radical (unpaired) electrons. The molecule has 0 amide bonds. The van der Waals surface area contributed by atoms with E-state index < -0.39 is 10.0 Å². The van der Waals surface area contributed by atoms with Crippen LogP contribution in [0.2, 0.25) is 0 Å². The van der Waals surface area contributed by atoms with Gasteiger partial charge in [0.25, 0.3) is 0 Å². The number of benzene rings is 1. The number of rotatable bonds is 6. The van der Waals surface area contributed by atoms with E-state index in [0.717, 1.165) is 24.2 Å². The lowest BCUT2D eigenvalue weighted by molar-refractivity contribution is 0.580. The molecule has 0 saturated heterocycles. The third kappa shape index (κ3) is 3.31. The molecule has 0 bridgehead atoms. The van der Waals surface area contributed by atoms with E-state index in [9.17, 15) is 8.42 Å². The van der Waals surface area contributed by atoms with Gasteiger partial charge in [0.15, 0.2) is 5.82 Å². The first-order valence-electron chi connectivity index (χ1n) is 8.24. The van der Waals surface area contributed by atoms with Gasteiger partial charge < -0.3 is 0 Å². The number of aromatic nitrogens is 4. The quantitative estimate of drug-likeness (QED) is 0.713. The number of nitrogens with one attached hydrogen (secondary N) is 1. The van der Waals surface area contributed by atoms with Crippen LogP contribution in [0.4, 0.5) is 0 Å². The molecule has 4 rings (SSSR count). The highest BCUT2D eigenvalue weighted by Gasteiger charge is 2.30. The Morgan fingerprint density at radius 2 is 1.96 bits per heavy atom. The summed E-state index contributed by atoms with van der Waals surface area (Å²) < 4.78 is 29.3. The standard InChI is InChI=1S/C16H19N5O2S2/c1-10(2)11-5-7-13(8-6-11)25(22,23)17-9-14-20-21-15(12-3-4-12)18-19-16(21)24-14/h5-8,10,12,17H,3-4,9H2,1-2H3. The second kappa shape index (κ2) is 6.15. The van der Waals surface area contributed by atoms with Crippen molar-refractivity contribution in [2.75, 3.05) is 0 Å². The fraction of sp³-hybridized carbons (Fsp3) is 0.438. The zero-order chi connectivity index (χ0) is 17.6. The van der Waals surface area contributed by atoms with Crippen molar-refractivity contribution in [1.29, 1.82) is 0 Å². The van der Waals surface area contributed by atoms with Gasteiger partial charge in [-0.05, 0) is 36.5 Å². The van der Waals surface area contributed by atoms with Crippen LogP contribution >= 0.6 is 11.3 Å². The Labute approximate surface area is 150 Å². The van der Waals surface area contributed by atoms with E-state index in [4.69, 9.17) is 0 Å². The monoisotopic (exact) mass is 377 g/mol. The number of hydrogen-bond donors (Lipinski definition) is 1. The lowest BCUT2D eigenvalue weighted by Gasteiger charge is -2.08. The van der Waals surface area contributed by atoms with Gasteiger partial charge in [-0.2, -0.15) is 9.61 Å². The van der Waals surface area contributed by atoms with Crippen LogP contribution < -0.4 is 4.72 Å². The largest absolute Gasteiger partial charge is 0.240 e. The fourth-order valence-corrected chi connectivity index (χ4v) is 4.47. The van der Waals surface area contributed by atoms with Crippen molar-refractivity contribution in [2.45, 2.75) is 50.0 Å². The molecule has 0 aliphatic heterocycles. The molecule has 2 heterocycles. The van der Waals surface area contributed by atoms with E-state index in [1.165, 1.54) is 11.3 Å². The van der Waals surface area contributed by atoms with Gasteiger partial charge in [0.05, 0.1) is 11.4 Å². The summed E-state index contributed by atoms with van der Waals surface area (Å²) >= 11 is 1.36. The summed E-state index contributed by atoms with van der Waals surface area (Å²) in [5.74, 6) is 1.69. The zero-order valence-corrected chi connectivity index (χ0v) is 15.6. The van der Waals surface area contributed by atoms with Crippen LogP contribution in [0, 0.1) is 0 Å². The summed E-state index contributed by atoms with van der Waals surface area (Å²) in [5.41, 5.74) is 1.11. The molecule has 3 aromatic rings. The second-order valence-electron chi connectivity index (χ2n) is 6.57. The maximum Gasteiger partial charge on any atom is 0.240 e. The first-order valence-corrected chi connectivity index (χ1v) is 10.5. The minimum absolute atomic E-state index is 0.145. The lowest BCUT2D eigenvalue weighted by atomic mass is 10.0. The SMILES string of the molecule is CC(C)c1ccc(S(=O)(=O)NCc2nn3c(C4CC4)nnc3s2)cc1. The highest BCUT2D eigenvalue weighted by Crippen LogP contribution is 2.39. The smallest absolute Gasteiger partial charge is 0.207 e. The molecule has 1 N–H and O–H groups in total. The predicted molar refractivity (Wildman–Crippen MR) is 95.2 cm³/mol. The Morgan fingerprint density at radius 3 is 2.60 bits per heavy atom. The highest BCUT2D eigenvalue weighted by molar-refractivity contribution is 7.89. The summed E-state index contributed by atoms with van der Waals surface area (Å²) in [7, 11) is -3.56. The van der Waals surface area contributed by atoms with Gasteiger partial charge in [-0.1, -0.05) is 37.3 Å². The van der Waals surface area contributed by atoms with Gasteiger partial charge in [-0.15, -0.1) is 10.2 Å². The molecule has 1 aliphatic carbocycles. The maximum absolute atomic E-state index is 12.5. The van der Waals surface area contributed by atoms with Crippen LogP contribution in [0.5, 0.6) is 0 Å². The van der Waals surface area contributed by atoms with Crippen LogP contribution in [-0.4, -0.2) is 28.2 Å². The average Bonchev–Trinajstić information content (AvgIpc) is 3.22. The molecular formula is C16H19N5O2S2. The van der Waals surface area contributed by atoms with Crippen LogP contribution in [-0.2, 0) is 16.6 Å². The van der Waals surface area contributed by atoms with Crippen LogP contribution in [0.1, 0.15) is 54.9 Å². The Balaban J connectivity index is 1.49. The topological polar surface area (TPSA) is 89.2 Å². The summed E-state index contributed by atoms with van der Waals surface area (Å²) in [4.78, 5) is 0.968. The summed E-state index contributed by atoms with van der Waals surface area (Å²) in [6.45, 7) is 4.29. The van der Waals surface area contributed by atoms with Crippen LogP contribution in [0.15, 0.2) is 29.2 Å². The van der Waals surface area contributed by atoms with E-state index in [1.807, 2.05) is 12.1 Å². The fourth-order valence-electron chi connectivity index (χ4n) is 2.61. The number of hydrogen-bond acceptors (Lipinski definition) is 6. The highest BCUT2D eigenvalue weighted by atomic mass is 32.2. The molecule has 1 fully saturated rings. The molecule has 0 atom stereocenters. The molecule has 132 valence electrons. The molecule has 25 heavy (non-hydrogen) atoms. The van der Waals surface area contributed by atoms with Crippen molar-refractivity contribution in [3.05, 3.63) is 40.7 Å². The molecule has 0 unspecified atom stereocenters. The molecule has 9 heteroatoms. The molecular weight excluding hydrogens is 358 g/mol.